The van der Waals surface area contributed by atoms with Crippen LogP contribution in [0.4, 0.5) is 0 Å². The van der Waals surface area contributed by atoms with Crippen LogP contribution in [0.5, 0.6) is 0 Å². The fourth-order valence-corrected chi connectivity index (χ4v) is 1.94. The normalized spacial score (nSPS) is 11.9. The fourth-order valence-electron chi connectivity index (χ4n) is 1.94. The number of amides is 1. The van der Waals surface area contributed by atoms with Crippen LogP contribution in [0, 0.1) is 17.2 Å². The van der Waals surface area contributed by atoms with Crippen LogP contribution in [0.25, 0.3) is 0 Å². The van der Waals surface area contributed by atoms with Crippen molar-refractivity contribution in [3.8, 4) is 6.07 Å². The number of hydrogen-bond acceptors (Lipinski definition) is 3. The number of nitrogens with zero attached hydrogens (tertiary/aromatic N) is 2. The third-order valence-corrected chi connectivity index (χ3v) is 2.83. The molecule has 4 nitrogen and oxygen atoms in total. The van der Waals surface area contributed by atoms with Gasteiger partial charge in [-0.25, -0.2) is 0 Å². The van der Waals surface area contributed by atoms with Crippen LogP contribution in [0.2, 0.25) is 0 Å². The van der Waals surface area contributed by atoms with E-state index in [2.05, 4.69) is 0 Å². The molecule has 0 aliphatic rings. The molecule has 0 aliphatic heterocycles. The molecule has 0 spiro atoms. The second-order valence-electron chi connectivity index (χ2n) is 5.07. The zero-order chi connectivity index (χ0) is 14.3. The lowest BCUT2D eigenvalue weighted by molar-refractivity contribution is -0.132. The second-order valence-corrected chi connectivity index (χ2v) is 5.07. The van der Waals surface area contributed by atoms with E-state index in [1.54, 1.807) is 0 Å². The maximum absolute atomic E-state index is 12.2. The van der Waals surface area contributed by atoms with Crippen molar-refractivity contribution in [3.63, 3.8) is 0 Å². The Hall–Kier alpha value is -1.86. The summed E-state index contributed by atoms with van der Waals surface area (Å²) in [6.45, 7) is 4.55. The monoisotopic (exact) mass is 259 g/mol. The van der Waals surface area contributed by atoms with Crippen molar-refractivity contribution < 1.29 is 4.79 Å². The van der Waals surface area contributed by atoms with Gasteiger partial charge in [-0.05, 0) is 17.9 Å². The SMILES string of the molecule is CC(C)C[C@H](N)C(=O)N(CC#N)Cc1ccccc1. The minimum atomic E-state index is -0.530. The van der Waals surface area contributed by atoms with Crippen LogP contribution in [-0.2, 0) is 11.3 Å². The van der Waals surface area contributed by atoms with E-state index in [-0.39, 0.29) is 12.5 Å². The maximum atomic E-state index is 12.2. The minimum Gasteiger partial charge on any atom is -0.324 e. The summed E-state index contributed by atoms with van der Waals surface area (Å²) in [5.74, 6) is 0.207. The molecule has 1 aromatic carbocycles. The van der Waals surface area contributed by atoms with Crippen LogP contribution < -0.4 is 5.73 Å². The van der Waals surface area contributed by atoms with Gasteiger partial charge in [-0.15, -0.1) is 0 Å². The highest BCUT2D eigenvalue weighted by atomic mass is 16.2. The topological polar surface area (TPSA) is 70.1 Å². The molecule has 0 saturated carbocycles. The molecular formula is C15H21N3O. The van der Waals surface area contributed by atoms with E-state index in [9.17, 15) is 4.79 Å². The Morgan fingerprint density at radius 1 is 1.37 bits per heavy atom. The molecule has 0 saturated heterocycles. The number of carbonyl (C=O) groups is 1. The quantitative estimate of drug-likeness (QED) is 0.793. The summed E-state index contributed by atoms with van der Waals surface area (Å²) in [5, 5.41) is 8.84. The largest absolute Gasteiger partial charge is 0.324 e. The molecule has 102 valence electrons. The lowest BCUT2D eigenvalue weighted by Crippen LogP contribution is -2.44. The number of hydrogen-bond donors (Lipinski definition) is 1. The van der Waals surface area contributed by atoms with Gasteiger partial charge in [0.1, 0.15) is 6.54 Å². The Morgan fingerprint density at radius 2 is 2.00 bits per heavy atom. The summed E-state index contributed by atoms with van der Waals surface area (Å²) < 4.78 is 0. The fraction of sp³-hybridized carbons (Fsp3) is 0.467. The first-order chi connectivity index (χ1) is 9.04. The van der Waals surface area contributed by atoms with Gasteiger partial charge in [-0.2, -0.15) is 5.26 Å². The molecule has 0 bridgehead atoms. The van der Waals surface area contributed by atoms with Crippen molar-refractivity contribution in [2.45, 2.75) is 32.9 Å². The van der Waals surface area contributed by atoms with E-state index in [0.717, 1.165) is 5.56 Å². The molecule has 0 unspecified atom stereocenters. The number of nitrogens with two attached hydrogens (primary N) is 1. The lowest BCUT2D eigenvalue weighted by atomic mass is 10.0. The first-order valence-corrected chi connectivity index (χ1v) is 6.49. The molecule has 0 aromatic heterocycles. The van der Waals surface area contributed by atoms with Crippen LogP contribution in [0.15, 0.2) is 30.3 Å². The Labute approximate surface area is 114 Å². The van der Waals surface area contributed by atoms with Gasteiger partial charge < -0.3 is 10.6 Å². The van der Waals surface area contributed by atoms with Gasteiger partial charge in [0.05, 0.1) is 12.1 Å². The highest BCUT2D eigenvalue weighted by Gasteiger charge is 2.21. The van der Waals surface area contributed by atoms with Gasteiger partial charge in [0.15, 0.2) is 0 Å². The van der Waals surface area contributed by atoms with Crippen molar-refractivity contribution in [2.75, 3.05) is 6.54 Å². The highest BCUT2D eigenvalue weighted by molar-refractivity contribution is 5.81. The van der Waals surface area contributed by atoms with Crippen LogP contribution in [-0.4, -0.2) is 23.4 Å². The molecule has 1 amide bonds. The second kappa shape index (κ2) is 7.55. The first kappa shape index (κ1) is 15.2. The van der Waals surface area contributed by atoms with Crippen LogP contribution >= 0.6 is 0 Å². The zero-order valence-corrected chi connectivity index (χ0v) is 11.5. The average molecular weight is 259 g/mol. The predicted octanol–water partition coefficient (Wildman–Crippen LogP) is 1.91. The van der Waals surface area contributed by atoms with Gasteiger partial charge in [0.25, 0.3) is 0 Å². The summed E-state index contributed by atoms with van der Waals surface area (Å²) in [6, 6.07) is 11.1. The van der Waals surface area contributed by atoms with Crippen molar-refractivity contribution in [1.82, 2.24) is 4.90 Å². The molecule has 19 heavy (non-hydrogen) atoms. The molecule has 4 heteroatoms. The highest BCUT2D eigenvalue weighted by Crippen LogP contribution is 2.09. The molecule has 0 heterocycles. The molecular weight excluding hydrogens is 238 g/mol. The van der Waals surface area contributed by atoms with Gasteiger partial charge in [0, 0.05) is 6.54 Å². The number of rotatable bonds is 6. The van der Waals surface area contributed by atoms with Gasteiger partial charge in [-0.1, -0.05) is 44.2 Å². The van der Waals surface area contributed by atoms with Crippen molar-refractivity contribution in [2.24, 2.45) is 11.7 Å². The Kier molecular flexibility index (Phi) is 6.04. The Balaban J connectivity index is 2.72. The molecule has 0 fully saturated rings. The third-order valence-electron chi connectivity index (χ3n) is 2.83. The summed E-state index contributed by atoms with van der Waals surface area (Å²) in [7, 11) is 0. The Morgan fingerprint density at radius 3 is 2.53 bits per heavy atom. The molecule has 1 aromatic rings. The number of nitriles is 1. The molecule has 2 N–H and O–H groups in total. The summed E-state index contributed by atoms with van der Waals surface area (Å²) in [5.41, 5.74) is 6.90. The minimum absolute atomic E-state index is 0.0690. The van der Waals surface area contributed by atoms with E-state index in [0.29, 0.717) is 18.9 Å². The molecule has 0 radical (unpaired) electrons. The van der Waals surface area contributed by atoms with Crippen LogP contribution in [0.3, 0.4) is 0 Å². The Bertz CT molecular complexity index is 436. The van der Waals surface area contributed by atoms with E-state index in [4.69, 9.17) is 11.0 Å². The molecule has 1 atom stereocenters. The van der Waals surface area contributed by atoms with Gasteiger partial charge >= 0.3 is 0 Å². The van der Waals surface area contributed by atoms with E-state index in [1.807, 2.05) is 50.2 Å². The van der Waals surface area contributed by atoms with Gasteiger partial charge in [-0.3, -0.25) is 4.79 Å². The van der Waals surface area contributed by atoms with Crippen LogP contribution in [0.1, 0.15) is 25.8 Å². The standard InChI is InChI=1S/C15H21N3O/c1-12(2)10-14(17)15(19)18(9-8-16)11-13-6-4-3-5-7-13/h3-7,12,14H,9-11,17H2,1-2H3/t14-/m0/s1. The molecule has 0 aliphatic carbocycles. The van der Waals surface area contributed by atoms with Gasteiger partial charge in [0.2, 0.25) is 5.91 Å². The number of benzene rings is 1. The summed E-state index contributed by atoms with van der Waals surface area (Å²) in [6.07, 6.45) is 0.634. The van der Waals surface area contributed by atoms with Crippen molar-refractivity contribution in [3.05, 3.63) is 35.9 Å². The maximum Gasteiger partial charge on any atom is 0.240 e. The van der Waals surface area contributed by atoms with Crippen molar-refractivity contribution in [1.29, 1.82) is 5.26 Å². The lowest BCUT2D eigenvalue weighted by Gasteiger charge is -2.24. The third kappa shape index (κ3) is 5.11. The predicted molar refractivity (Wildman–Crippen MR) is 74.9 cm³/mol. The molecule has 1 rings (SSSR count). The first-order valence-electron chi connectivity index (χ1n) is 6.49. The van der Waals surface area contributed by atoms with E-state index >= 15 is 0 Å². The van der Waals surface area contributed by atoms with E-state index < -0.39 is 6.04 Å². The number of carbonyl (C=O) groups excluding carboxylic acids is 1. The average Bonchev–Trinajstić information content (AvgIpc) is 2.38. The summed E-state index contributed by atoms with van der Waals surface area (Å²) in [4.78, 5) is 13.7. The summed E-state index contributed by atoms with van der Waals surface area (Å²) >= 11 is 0. The smallest absolute Gasteiger partial charge is 0.240 e. The van der Waals surface area contributed by atoms with Crippen molar-refractivity contribution >= 4 is 5.91 Å². The zero-order valence-electron chi connectivity index (χ0n) is 11.5. The van der Waals surface area contributed by atoms with E-state index in [1.165, 1.54) is 4.90 Å².